The number of rotatable bonds is 3. The Bertz CT molecular complexity index is 492. The number of halogens is 1. The first-order valence-corrected chi connectivity index (χ1v) is 5.46. The topological polar surface area (TPSA) is 56.7 Å². The van der Waals surface area contributed by atoms with Crippen molar-refractivity contribution >= 4 is 11.6 Å². The van der Waals surface area contributed by atoms with Gasteiger partial charge in [-0.2, -0.15) is 0 Å². The summed E-state index contributed by atoms with van der Waals surface area (Å²) in [6.45, 7) is 2.57. The quantitative estimate of drug-likeness (QED) is 0.883. The first-order chi connectivity index (χ1) is 7.70. The Balaban J connectivity index is 2.35. The van der Waals surface area contributed by atoms with Gasteiger partial charge in [-0.15, -0.1) is 5.10 Å². The summed E-state index contributed by atoms with van der Waals surface area (Å²) in [7, 11) is 0. The summed E-state index contributed by atoms with van der Waals surface area (Å²) in [5.74, 6) is 0. The van der Waals surface area contributed by atoms with Crippen LogP contribution in [-0.4, -0.2) is 21.5 Å². The molecule has 0 radical (unpaired) electrons. The molecular formula is C11H13ClN4. The predicted molar refractivity (Wildman–Crippen MR) is 63.9 cm³/mol. The van der Waals surface area contributed by atoms with Gasteiger partial charge in [-0.1, -0.05) is 22.9 Å². The maximum Gasteiger partial charge on any atom is 0.0849 e. The molecule has 0 saturated heterocycles. The number of aryl methyl sites for hydroxylation is 1. The van der Waals surface area contributed by atoms with Crippen LogP contribution < -0.4 is 5.73 Å². The predicted octanol–water partition coefficient (Wildman–Crippen LogP) is 1.73. The van der Waals surface area contributed by atoms with Gasteiger partial charge in [0.2, 0.25) is 0 Å². The molecule has 4 nitrogen and oxygen atoms in total. The number of hydrogen-bond donors (Lipinski definition) is 1. The summed E-state index contributed by atoms with van der Waals surface area (Å²) < 4.78 is 1.67. The highest BCUT2D eigenvalue weighted by Crippen LogP contribution is 2.20. The van der Waals surface area contributed by atoms with Gasteiger partial charge < -0.3 is 5.73 Å². The van der Waals surface area contributed by atoms with Crippen LogP contribution in [0.4, 0.5) is 0 Å². The van der Waals surface area contributed by atoms with Gasteiger partial charge in [0, 0.05) is 6.42 Å². The zero-order chi connectivity index (χ0) is 11.5. The van der Waals surface area contributed by atoms with E-state index in [0.29, 0.717) is 11.6 Å². The van der Waals surface area contributed by atoms with Crippen molar-refractivity contribution in [3.05, 3.63) is 40.7 Å². The zero-order valence-corrected chi connectivity index (χ0v) is 9.78. The number of aromatic nitrogens is 3. The molecule has 0 fully saturated rings. The Morgan fingerprint density at radius 2 is 2.25 bits per heavy atom. The van der Waals surface area contributed by atoms with E-state index in [0.717, 1.165) is 23.4 Å². The highest BCUT2D eigenvalue weighted by atomic mass is 35.5. The third kappa shape index (κ3) is 2.23. The molecule has 2 rings (SSSR count). The number of hydrogen-bond acceptors (Lipinski definition) is 3. The summed E-state index contributed by atoms with van der Waals surface area (Å²) in [6.07, 6.45) is 2.58. The molecule has 2 aromatic rings. The smallest absolute Gasteiger partial charge is 0.0849 e. The average molecular weight is 237 g/mol. The van der Waals surface area contributed by atoms with Crippen LogP contribution in [0.5, 0.6) is 0 Å². The summed E-state index contributed by atoms with van der Waals surface area (Å²) in [5.41, 5.74) is 8.29. The van der Waals surface area contributed by atoms with E-state index in [4.69, 9.17) is 17.3 Å². The summed E-state index contributed by atoms with van der Waals surface area (Å²) in [4.78, 5) is 0. The molecule has 0 spiro atoms. The molecule has 0 bridgehead atoms. The lowest BCUT2D eigenvalue weighted by atomic mass is 10.2. The Morgan fingerprint density at radius 3 is 2.94 bits per heavy atom. The van der Waals surface area contributed by atoms with Crippen LogP contribution in [0, 0.1) is 6.92 Å². The molecule has 0 saturated carbocycles. The van der Waals surface area contributed by atoms with E-state index in [-0.39, 0.29) is 0 Å². The number of benzene rings is 1. The van der Waals surface area contributed by atoms with E-state index in [2.05, 4.69) is 10.3 Å². The zero-order valence-electron chi connectivity index (χ0n) is 9.02. The van der Waals surface area contributed by atoms with Crippen LogP contribution in [0.2, 0.25) is 5.02 Å². The fourth-order valence-corrected chi connectivity index (χ4v) is 1.80. The van der Waals surface area contributed by atoms with Crippen molar-refractivity contribution in [1.82, 2.24) is 15.0 Å². The van der Waals surface area contributed by atoms with E-state index >= 15 is 0 Å². The highest BCUT2D eigenvalue weighted by Gasteiger charge is 2.06. The first kappa shape index (κ1) is 11.1. The second-order valence-electron chi connectivity index (χ2n) is 3.65. The van der Waals surface area contributed by atoms with Crippen molar-refractivity contribution in [2.24, 2.45) is 5.73 Å². The van der Waals surface area contributed by atoms with Gasteiger partial charge in [-0.3, -0.25) is 0 Å². The van der Waals surface area contributed by atoms with E-state index < -0.39 is 0 Å². The van der Waals surface area contributed by atoms with E-state index in [1.54, 1.807) is 4.68 Å². The number of nitrogens with two attached hydrogens (primary N) is 1. The summed E-state index contributed by atoms with van der Waals surface area (Å²) >= 11 is 6.14. The van der Waals surface area contributed by atoms with Gasteiger partial charge in [0.15, 0.2) is 0 Å². The largest absolute Gasteiger partial charge is 0.330 e. The van der Waals surface area contributed by atoms with Crippen LogP contribution >= 0.6 is 11.6 Å². The van der Waals surface area contributed by atoms with Crippen molar-refractivity contribution in [3.63, 3.8) is 0 Å². The normalized spacial score (nSPS) is 10.7. The standard InChI is InChI=1S/C11H13ClN4/c1-8-2-3-11(10(12)6-8)16-7-9(4-5-13)14-15-16/h2-3,6-7H,4-5,13H2,1H3. The van der Waals surface area contributed by atoms with Crippen molar-refractivity contribution in [2.45, 2.75) is 13.3 Å². The van der Waals surface area contributed by atoms with Crippen molar-refractivity contribution in [1.29, 1.82) is 0 Å². The second-order valence-corrected chi connectivity index (χ2v) is 4.06. The average Bonchev–Trinajstić information content (AvgIpc) is 2.67. The van der Waals surface area contributed by atoms with E-state index in [1.807, 2.05) is 31.3 Å². The molecule has 0 aliphatic carbocycles. The van der Waals surface area contributed by atoms with Crippen molar-refractivity contribution in [3.8, 4) is 5.69 Å². The van der Waals surface area contributed by atoms with Crippen molar-refractivity contribution < 1.29 is 0 Å². The Hall–Kier alpha value is -1.39. The van der Waals surface area contributed by atoms with Gasteiger partial charge in [-0.05, 0) is 31.2 Å². The molecule has 5 heteroatoms. The molecule has 0 atom stereocenters. The molecule has 84 valence electrons. The van der Waals surface area contributed by atoms with Crippen LogP contribution in [0.25, 0.3) is 5.69 Å². The van der Waals surface area contributed by atoms with Gasteiger partial charge in [0.1, 0.15) is 0 Å². The van der Waals surface area contributed by atoms with E-state index in [1.165, 1.54) is 0 Å². The molecule has 0 unspecified atom stereocenters. The third-order valence-corrected chi connectivity index (χ3v) is 2.59. The molecule has 1 aromatic carbocycles. The van der Waals surface area contributed by atoms with Crippen LogP contribution in [-0.2, 0) is 6.42 Å². The highest BCUT2D eigenvalue weighted by molar-refractivity contribution is 6.32. The molecule has 0 aliphatic heterocycles. The minimum atomic E-state index is 0.570. The monoisotopic (exact) mass is 236 g/mol. The maximum atomic E-state index is 6.14. The van der Waals surface area contributed by atoms with Crippen molar-refractivity contribution in [2.75, 3.05) is 6.54 Å². The molecule has 1 aromatic heterocycles. The van der Waals surface area contributed by atoms with Gasteiger partial charge in [-0.25, -0.2) is 4.68 Å². The first-order valence-electron chi connectivity index (χ1n) is 5.08. The Morgan fingerprint density at radius 1 is 1.44 bits per heavy atom. The van der Waals surface area contributed by atoms with E-state index in [9.17, 15) is 0 Å². The Kier molecular flexibility index (Phi) is 3.22. The van der Waals surface area contributed by atoms with Gasteiger partial charge in [0.05, 0.1) is 22.6 Å². The lowest BCUT2D eigenvalue weighted by Crippen LogP contribution is -2.02. The number of nitrogens with zero attached hydrogens (tertiary/aromatic N) is 3. The molecule has 1 heterocycles. The fourth-order valence-electron chi connectivity index (χ4n) is 1.48. The van der Waals surface area contributed by atoms with Crippen LogP contribution in [0.15, 0.2) is 24.4 Å². The fraction of sp³-hybridized carbons (Fsp3) is 0.273. The second kappa shape index (κ2) is 4.63. The van der Waals surface area contributed by atoms with Gasteiger partial charge in [0.25, 0.3) is 0 Å². The molecule has 0 amide bonds. The lowest BCUT2D eigenvalue weighted by Gasteiger charge is -2.03. The Labute approximate surface area is 99.0 Å². The maximum absolute atomic E-state index is 6.14. The van der Waals surface area contributed by atoms with Crippen LogP contribution in [0.3, 0.4) is 0 Å². The van der Waals surface area contributed by atoms with Gasteiger partial charge >= 0.3 is 0 Å². The summed E-state index contributed by atoms with van der Waals surface area (Å²) in [5, 5.41) is 8.71. The molecule has 16 heavy (non-hydrogen) atoms. The lowest BCUT2D eigenvalue weighted by molar-refractivity contribution is 0.794. The third-order valence-electron chi connectivity index (χ3n) is 2.29. The minimum Gasteiger partial charge on any atom is -0.330 e. The SMILES string of the molecule is Cc1ccc(-n2cc(CCN)nn2)c(Cl)c1. The molecule has 0 aliphatic rings. The summed E-state index contributed by atoms with van der Waals surface area (Å²) in [6, 6.07) is 5.82. The van der Waals surface area contributed by atoms with Crippen LogP contribution in [0.1, 0.15) is 11.3 Å². The molecule has 2 N–H and O–H groups in total. The minimum absolute atomic E-state index is 0.570. The molecular weight excluding hydrogens is 224 g/mol.